The number of aryl methyl sites for hydroxylation is 1. The Labute approximate surface area is 74.5 Å². The highest BCUT2D eigenvalue weighted by molar-refractivity contribution is 5.60. The molecule has 0 aromatic heterocycles. The van der Waals surface area contributed by atoms with Gasteiger partial charge in [-0.3, -0.25) is 10.1 Å². The Morgan fingerprint density at radius 2 is 2.23 bits per heavy atom. The van der Waals surface area contributed by atoms with Crippen molar-refractivity contribution in [2.45, 2.75) is 6.92 Å². The first-order valence-electron chi connectivity index (χ1n) is 3.51. The van der Waals surface area contributed by atoms with Gasteiger partial charge in [-0.25, -0.2) is 0 Å². The minimum Gasteiger partial charge on any atom is -0.398 e. The summed E-state index contributed by atoms with van der Waals surface area (Å²) in [5.74, 6) is 0. The van der Waals surface area contributed by atoms with Crippen LogP contribution < -0.4 is 5.73 Å². The lowest BCUT2D eigenvalue weighted by atomic mass is 10.1. The van der Waals surface area contributed by atoms with Gasteiger partial charge < -0.3 is 5.73 Å². The molecule has 0 aliphatic carbocycles. The van der Waals surface area contributed by atoms with E-state index in [1.807, 2.05) is 0 Å². The van der Waals surface area contributed by atoms with E-state index in [9.17, 15) is 10.1 Å². The van der Waals surface area contributed by atoms with Gasteiger partial charge in [-0.05, 0) is 18.6 Å². The minimum atomic E-state index is -0.592. The molecule has 5 nitrogen and oxygen atoms in total. The fourth-order valence-corrected chi connectivity index (χ4v) is 0.950. The lowest BCUT2D eigenvalue weighted by Gasteiger charge is -2.00. The van der Waals surface area contributed by atoms with Crippen LogP contribution in [0.2, 0.25) is 0 Å². The van der Waals surface area contributed by atoms with Crippen molar-refractivity contribution in [3.05, 3.63) is 33.4 Å². The summed E-state index contributed by atoms with van der Waals surface area (Å²) >= 11 is 0. The molecule has 0 spiro atoms. The van der Waals surface area contributed by atoms with Gasteiger partial charge in [0.05, 0.1) is 4.92 Å². The van der Waals surface area contributed by atoms with Gasteiger partial charge >= 0.3 is 0 Å². The molecular weight excluding hydrogens is 170 g/mol. The second-order valence-electron chi connectivity index (χ2n) is 2.59. The standard InChI is InChI=1S/C8H7N3O2/c1-5-2-8(11(12)13)6(4-9)3-7(5)10/h2-3H,10H2,1H3. The number of nitrogens with zero attached hydrogens (tertiary/aromatic N) is 2. The van der Waals surface area contributed by atoms with E-state index in [1.54, 1.807) is 13.0 Å². The monoisotopic (exact) mass is 177 g/mol. The molecule has 0 bridgehead atoms. The van der Waals surface area contributed by atoms with Crippen molar-refractivity contribution in [3.8, 4) is 6.07 Å². The van der Waals surface area contributed by atoms with Crippen molar-refractivity contribution in [2.24, 2.45) is 0 Å². The molecule has 0 aliphatic heterocycles. The average molecular weight is 177 g/mol. The summed E-state index contributed by atoms with van der Waals surface area (Å²) < 4.78 is 0. The van der Waals surface area contributed by atoms with Gasteiger partial charge in [0.25, 0.3) is 5.69 Å². The van der Waals surface area contributed by atoms with Crippen LogP contribution in [-0.2, 0) is 0 Å². The smallest absolute Gasteiger partial charge is 0.287 e. The summed E-state index contributed by atoms with van der Waals surface area (Å²) in [6.45, 7) is 1.66. The van der Waals surface area contributed by atoms with E-state index >= 15 is 0 Å². The van der Waals surface area contributed by atoms with Crippen LogP contribution in [0.25, 0.3) is 0 Å². The first-order valence-corrected chi connectivity index (χ1v) is 3.51. The first-order chi connectivity index (χ1) is 6.06. The highest BCUT2D eigenvalue weighted by Gasteiger charge is 2.14. The Hall–Kier alpha value is -2.09. The van der Waals surface area contributed by atoms with E-state index in [-0.39, 0.29) is 11.3 Å². The number of benzene rings is 1. The maximum Gasteiger partial charge on any atom is 0.287 e. The zero-order valence-corrected chi connectivity index (χ0v) is 6.94. The second kappa shape index (κ2) is 3.11. The molecule has 0 unspecified atom stereocenters. The normalized spacial score (nSPS) is 9.23. The molecule has 0 radical (unpaired) electrons. The minimum absolute atomic E-state index is 0.00639. The molecule has 0 amide bonds. The molecule has 0 atom stereocenters. The van der Waals surface area contributed by atoms with E-state index < -0.39 is 4.92 Å². The molecule has 2 N–H and O–H groups in total. The van der Waals surface area contributed by atoms with Crippen molar-refractivity contribution < 1.29 is 4.92 Å². The fraction of sp³-hybridized carbons (Fsp3) is 0.125. The summed E-state index contributed by atoms with van der Waals surface area (Å²) in [5.41, 5.74) is 6.28. The number of hydrogen-bond acceptors (Lipinski definition) is 4. The SMILES string of the molecule is Cc1cc([N+](=O)[O-])c(C#N)cc1N. The second-order valence-corrected chi connectivity index (χ2v) is 2.59. The highest BCUT2D eigenvalue weighted by Crippen LogP contribution is 2.23. The van der Waals surface area contributed by atoms with Gasteiger partial charge in [-0.15, -0.1) is 0 Å². The highest BCUT2D eigenvalue weighted by atomic mass is 16.6. The molecule has 5 heteroatoms. The fourth-order valence-electron chi connectivity index (χ4n) is 0.950. The predicted molar refractivity (Wildman–Crippen MR) is 47.0 cm³/mol. The average Bonchev–Trinajstić information content (AvgIpc) is 2.08. The van der Waals surface area contributed by atoms with Crippen LogP contribution in [-0.4, -0.2) is 4.92 Å². The maximum atomic E-state index is 10.5. The van der Waals surface area contributed by atoms with Crippen LogP contribution in [0.4, 0.5) is 11.4 Å². The van der Waals surface area contributed by atoms with E-state index in [2.05, 4.69) is 0 Å². The number of nitrogen functional groups attached to an aromatic ring is 1. The molecule has 0 saturated carbocycles. The summed E-state index contributed by atoms with van der Waals surface area (Å²) in [5, 5.41) is 19.0. The van der Waals surface area contributed by atoms with Crippen molar-refractivity contribution in [3.63, 3.8) is 0 Å². The van der Waals surface area contributed by atoms with E-state index in [0.717, 1.165) is 0 Å². The van der Waals surface area contributed by atoms with Gasteiger partial charge in [0.1, 0.15) is 11.6 Å². The van der Waals surface area contributed by atoms with Crippen LogP contribution in [0.3, 0.4) is 0 Å². The van der Waals surface area contributed by atoms with Crippen LogP contribution in [0, 0.1) is 28.4 Å². The van der Waals surface area contributed by atoms with Crippen molar-refractivity contribution >= 4 is 11.4 Å². The third-order valence-electron chi connectivity index (χ3n) is 1.70. The predicted octanol–water partition coefficient (Wildman–Crippen LogP) is 1.36. The number of anilines is 1. The summed E-state index contributed by atoms with van der Waals surface area (Å²) in [4.78, 5) is 9.87. The summed E-state index contributed by atoms with van der Waals surface area (Å²) in [6, 6.07) is 4.34. The molecular formula is C8H7N3O2. The Morgan fingerprint density at radius 1 is 1.62 bits per heavy atom. The lowest BCUT2D eigenvalue weighted by Crippen LogP contribution is -1.97. The molecule has 13 heavy (non-hydrogen) atoms. The van der Waals surface area contributed by atoms with E-state index in [4.69, 9.17) is 11.0 Å². The van der Waals surface area contributed by atoms with Crippen LogP contribution >= 0.6 is 0 Å². The lowest BCUT2D eigenvalue weighted by molar-refractivity contribution is -0.385. The van der Waals surface area contributed by atoms with E-state index in [0.29, 0.717) is 11.3 Å². The van der Waals surface area contributed by atoms with Gasteiger partial charge in [0.2, 0.25) is 0 Å². The van der Waals surface area contributed by atoms with Crippen LogP contribution in [0.15, 0.2) is 12.1 Å². The largest absolute Gasteiger partial charge is 0.398 e. The number of nitro benzene ring substituents is 1. The Bertz CT molecular complexity index is 407. The molecule has 0 heterocycles. The molecule has 0 aliphatic rings. The summed E-state index contributed by atoms with van der Waals surface area (Å²) in [7, 11) is 0. The topological polar surface area (TPSA) is 93.0 Å². The zero-order chi connectivity index (χ0) is 10.0. The van der Waals surface area contributed by atoms with Crippen molar-refractivity contribution in [1.82, 2.24) is 0 Å². The molecule has 1 aromatic carbocycles. The van der Waals surface area contributed by atoms with E-state index in [1.165, 1.54) is 12.1 Å². The Kier molecular flexibility index (Phi) is 2.15. The zero-order valence-electron chi connectivity index (χ0n) is 6.94. The van der Waals surface area contributed by atoms with Crippen LogP contribution in [0.5, 0.6) is 0 Å². The van der Waals surface area contributed by atoms with Gasteiger partial charge in [-0.1, -0.05) is 0 Å². The summed E-state index contributed by atoms with van der Waals surface area (Å²) in [6.07, 6.45) is 0. The Balaban J connectivity index is 3.44. The number of rotatable bonds is 1. The first kappa shape index (κ1) is 9.00. The quantitative estimate of drug-likeness (QED) is 0.398. The van der Waals surface area contributed by atoms with Gasteiger partial charge in [0.15, 0.2) is 0 Å². The number of hydrogen-bond donors (Lipinski definition) is 1. The third kappa shape index (κ3) is 1.56. The molecule has 0 fully saturated rings. The number of nitro groups is 1. The molecule has 66 valence electrons. The molecule has 1 aromatic rings. The van der Waals surface area contributed by atoms with Gasteiger partial charge in [0, 0.05) is 11.8 Å². The molecule has 0 saturated heterocycles. The third-order valence-corrected chi connectivity index (χ3v) is 1.70. The van der Waals surface area contributed by atoms with Crippen molar-refractivity contribution in [1.29, 1.82) is 5.26 Å². The molecule has 1 rings (SSSR count). The number of nitriles is 1. The maximum absolute atomic E-state index is 10.5. The van der Waals surface area contributed by atoms with Crippen LogP contribution in [0.1, 0.15) is 11.1 Å². The number of nitrogens with two attached hydrogens (primary N) is 1. The van der Waals surface area contributed by atoms with Gasteiger partial charge in [-0.2, -0.15) is 5.26 Å². The Morgan fingerprint density at radius 3 is 2.69 bits per heavy atom. The van der Waals surface area contributed by atoms with Crippen molar-refractivity contribution in [2.75, 3.05) is 5.73 Å².